The molecule has 1 aliphatic rings. The fraction of sp³-hybridized carbons (Fsp3) is 0.286. The summed E-state index contributed by atoms with van der Waals surface area (Å²) in [5.74, 6) is 0.460. The summed E-state index contributed by atoms with van der Waals surface area (Å²) in [4.78, 5) is 34.9. The Kier molecular flexibility index (Phi) is 4.84. The second-order valence-corrected chi connectivity index (χ2v) is 7.31. The average Bonchev–Trinajstić information content (AvgIpc) is 3.20. The molecule has 8 heteroatoms. The summed E-state index contributed by atoms with van der Waals surface area (Å²) in [5, 5.41) is 4.07. The third-order valence-corrected chi connectivity index (χ3v) is 5.17. The lowest BCUT2D eigenvalue weighted by Crippen LogP contribution is -2.31. The van der Waals surface area contributed by atoms with Crippen molar-refractivity contribution < 1.29 is 4.79 Å². The Labute approximate surface area is 168 Å². The van der Waals surface area contributed by atoms with Gasteiger partial charge in [-0.25, -0.2) is 9.67 Å². The molecule has 1 amide bonds. The van der Waals surface area contributed by atoms with E-state index in [0.29, 0.717) is 18.9 Å². The maximum Gasteiger partial charge on any atom is 0.274 e. The zero-order valence-electron chi connectivity index (χ0n) is 16.4. The van der Waals surface area contributed by atoms with E-state index < -0.39 is 0 Å². The largest absolute Gasteiger partial charge is 0.384 e. The molecule has 3 aromatic rings. The van der Waals surface area contributed by atoms with Gasteiger partial charge in [0.25, 0.3) is 11.5 Å². The van der Waals surface area contributed by atoms with E-state index in [1.807, 2.05) is 19.1 Å². The van der Waals surface area contributed by atoms with Crippen LogP contribution in [-0.4, -0.2) is 43.6 Å². The van der Waals surface area contributed by atoms with Crippen LogP contribution in [0.3, 0.4) is 0 Å². The highest BCUT2D eigenvalue weighted by Crippen LogP contribution is 2.30. The molecule has 4 heterocycles. The fourth-order valence-corrected chi connectivity index (χ4v) is 3.61. The maximum atomic E-state index is 12.8. The minimum Gasteiger partial charge on any atom is -0.384 e. The Morgan fingerprint density at radius 1 is 1.17 bits per heavy atom. The molecule has 29 heavy (non-hydrogen) atoms. The molecule has 0 aromatic carbocycles. The van der Waals surface area contributed by atoms with Crippen LogP contribution in [0.1, 0.15) is 34.2 Å². The summed E-state index contributed by atoms with van der Waals surface area (Å²) in [6, 6.07) is 10.6. The van der Waals surface area contributed by atoms with Crippen molar-refractivity contribution in [3.8, 4) is 11.1 Å². The first kappa shape index (κ1) is 18.8. The summed E-state index contributed by atoms with van der Waals surface area (Å²) < 4.78 is 1.18. The van der Waals surface area contributed by atoms with Crippen molar-refractivity contribution in [3.63, 3.8) is 0 Å². The molecule has 3 aromatic heterocycles. The topological polar surface area (TPSA) is 107 Å². The zero-order valence-corrected chi connectivity index (χ0v) is 16.4. The Bertz CT molecular complexity index is 1120. The van der Waals surface area contributed by atoms with Crippen LogP contribution in [0.25, 0.3) is 11.1 Å². The Morgan fingerprint density at radius 2 is 2.00 bits per heavy atom. The van der Waals surface area contributed by atoms with Gasteiger partial charge in [-0.15, -0.1) is 0 Å². The second kappa shape index (κ2) is 7.46. The number of nitrogens with zero attached hydrogens (tertiary/aromatic N) is 5. The van der Waals surface area contributed by atoms with Gasteiger partial charge in [0.15, 0.2) is 0 Å². The molecule has 0 saturated carbocycles. The molecule has 148 valence electrons. The van der Waals surface area contributed by atoms with Crippen LogP contribution in [0.5, 0.6) is 0 Å². The number of amides is 1. The van der Waals surface area contributed by atoms with E-state index >= 15 is 0 Å². The number of anilines is 1. The molecule has 4 rings (SSSR count). The van der Waals surface area contributed by atoms with E-state index in [1.54, 1.807) is 17.2 Å². The van der Waals surface area contributed by atoms with Gasteiger partial charge < -0.3 is 10.6 Å². The first-order chi connectivity index (χ1) is 13.9. The average molecular weight is 390 g/mol. The molecule has 1 aliphatic heterocycles. The summed E-state index contributed by atoms with van der Waals surface area (Å²) >= 11 is 0. The molecule has 0 radical (unpaired) electrons. The number of rotatable bonds is 3. The highest BCUT2D eigenvalue weighted by Gasteiger charge is 2.30. The van der Waals surface area contributed by atoms with Gasteiger partial charge in [0.1, 0.15) is 11.5 Å². The number of nitrogen functional groups attached to an aromatic ring is 1. The van der Waals surface area contributed by atoms with E-state index in [2.05, 4.69) is 16.1 Å². The predicted molar refractivity (Wildman–Crippen MR) is 109 cm³/mol. The van der Waals surface area contributed by atoms with E-state index in [9.17, 15) is 9.59 Å². The molecule has 1 saturated heterocycles. The van der Waals surface area contributed by atoms with Gasteiger partial charge in [-0.1, -0.05) is 0 Å². The lowest BCUT2D eigenvalue weighted by molar-refractivity contribution is 0.0782. The third-order valence-electron chi connectivity index (χ3n) is 5.17. The minimum absolute atomic E-state index is 0.145. The number of carbonyl (C=O) groups is 1. The van der Waals surface area contributed by atoms with Gasteiger partial charge >= 0.3 is 0 Å². The summed E-state index contributed by atoms with van der Waals surface area (Å²) in [7, 11) is 1.54. The van der Waals surface area contributed by atoms with E-state index in [0.717, 1.165) is 28.9 Å². The first-order valence-corrected chi connectivity index (χ1v) is 9.45. The fourth-order valence-electron chi connectivity index (χ4n) is 3.61. The molecule has 0 bridgehead atoms. The van der Waals surface area contributed by atoms with Gasteiger partial charge in [-0.05, 0) is 49.2 Å². The molecular formula is C21H22N6O2. The quantitative estimate of drug-likeness (QED) is 0.730. The molecule has 0 unspecified atom stereocenters. The molecule has 8 nitrogen and oxygen atoms in total. The Balaban J connectivity index is 1.55. The number of hydrogen-bond donors (Lipinski definition) is 1. The molecule has 1 fully saturated rings. The highest BCUT2D eigenvalue weighted by molar-refractivity contribution is 5.92. The lowest BCUT2D eigenvalue weighted by Gasteiger charge is -2.17. The van der Waals surface area contributed by atoms with Gasteiger partial charge in [0.05, 0.1) is 0 Å². The van der Waals surface area contributed by atoms with Crippen molar-refractivity contribution in [2.75, 3.05) is 18.8 Å². The molecule has 2 N–H and O–H groups in total. The maximum absolute atomic E-state index is 12.8. The molecule has 1 atom stereocenters. The van der Waals surface area contributed by atoms with Crippen LogP contribution in [0.2, 0.25) is 0 Å². The standard InChI is InChI=1S/C21H22N6O2/c1-13-9-16(14-3-5-19(22)23-11-14)10-18(24-13)15-7-8-27(12-15)21(29)17-4-6-20(28)26(2)25-17/h3-6,9-11,15H,7-8,12H2,1-2H3,(H2,22,23)/t15-/m1/s1. The third kappa shape index (κ3) is 3.87. The number of aromatic nitrogens is 4. The summed E-state index contributed by atoms with van der Waals surface area (Å²) in [6.07, 6.45) is 2.58. The normalized spacial score (nSPS) is 16.2. The van der Waals surface area contributed by atoms with E-state index in [1.165, 1.54) is 23.9 Å². The zero-order chi connectivity index (χ0) is 20.5. The Morgan fingerprint density at radius 3 is 2.72 bits per heavy atom. The van der Waals surface area contributed by atoms with Crippen molar-refractivity contribution >= 4 is 11.7 Å². The van der Waals surface area contributed by atoms with Crippen LogP contribution in [0.15, 0.2) is 47.4 Å². The number of aryl methyl sites for hydroxylation is 2. The Hall–Kier alpha value is -3.55. The van der Waals surface area contributed by atoms with Gasteiger partial charge in [0.2, 0.25) is 0 Å². The summed E-state index contributed by atoms with van der Waals surface area (Å²) in [5.41, 5.74) is 9.61. The van der Waals surface area contributed by atoms with Crippen LogP contribution in [0, 0.1) is 6.92 Å². The summed E-state index contributed by atoms with van der Waals surface area (Å²) in [6.45, 7) is 3.16. The van der Waals surface area contributed by atoms with Gasteiger partial charge in [-0.2, -0.15) is 5.10 Å². The lowest BCUT2D eigenvalue weighted by atomic mass is 9.99. The van der Waals surface area contributed by atoms with E-state index in [4.69, 9.17) is 10.7 Å². The predicted octanol–water partition coefficient (Wildman–Crippen LogP) is 1.76. The number of carbonyl (C=O) groups excluding carboxylic acids is 1. The van der Waals surface area contributed by atoms with Crippen LogP contribution in [-0.2, 0) is 7.05 Å². The van der Waals surface area contributed by atoms with Crippen molar-refractivity contribution in [1.82, 2.24) is 24.6 Å². The van der Waals surface area contributed by atoms with Gasteiger partial charge in [-0.3, -0.25) is 14.6 Å². The minimum atomic E-state index is -0.241. The molecule has 0 aliphatic carbocycles. The number of likely N-dealkylation sites (tertiary alicyclic amines) is 1. The monoisotopic (exact) mass is 390 g/mol. The van der Waals surface area contributed by atoms with Gasteiger partial charge in [0, 0.05) is 55.3 Å². The smallest absolute Gasteiger partial charge is 0.274 e. The molecular weight excluding hydrogens is 368 g/mol. The second-order valence-electron chi connectivity index (χ2n) is 7.31. The van der Waals surface area contributed by atoms with Crippen molar-refractivity contribution in [2.24, 2.45) is 7.05 Å². The van der Waals surface area contributed by atoms with Crippen molar-refractivity contribution in [2.45, 2.75) is 19.3 Å². The number of pyridine rings is 2. The first-order valence-electron chi connectivity index (χ1n) is 9.45. The van der Waals surface area contributed by atoms with Crippen LogP contribution in [0.4, 0.5) is 5.82 Å². The number of nitrogens with two attached hydrogens (primary N) is 1. The van der Waals surface area contributed by atoms with Crippen LogP contribution < -0.4 is 11.3 Å². The van der Waals surface area contributed by atoms with Crippen molar-refractivity contribution in [3.05, 3.63) is 70.0 Å². The number of hydrogen-bond acceptors (Lipinski definition) is 6. The highest BCUT2D eigenvalue weighted by atomic mass is 16.2. The molecule has 0 spiro atoms. The van der Waals surface area contributed by atoms with Crippen LogP contribution >= 0.6 is 0 Å². The van der Waals surface area contributed by atoms with Crippen molar-refractivity contribution in [1.29, 1.82) is 0 Å². The SMILES string of the molecule is Cc1cc(-c2ccc(N)nc2)cc([C@@H]2CCN(C(=O)c3ccc(=O)n(C)n3)C2)n1. The van der Waals surface area contributed by atoms with E-state index in [-0.39, 0.29) is 23.1 Å².